The second-order valence-electron chi connectivity index (χ2n) is 9.83. The number of aromatic amines is 1. The van der Waals surface area contributed by atoms with Crippen LogP contribution in [0.2, 0.25) is 0 Å². The second kappa shape index (κ2) is 6.12. The highest BCUT2D eigenvalue weighted by Gasteiger charge is 2.50. The van der Waals surface area contributed by atoms with Crippen LogP contribution in [0.15, 0.2) is 42.7 Å². The van der Waals surface area contributed by atoms with Crippen molar-refractivity contribution < 1.29 is 0 Å². The first-order chi connectivity index (χ1) is 14.0. The largest absolute Gasteiger partial charge is 0.357 e. The number of nitrogens with zero attached hydrogens (tertiary/aromatic N) is 2. The molecule has 3 aromatic rings. The van der Waals surface area contributed by atoms with Gasteiger partial charge in [0.05, 0.1) is 0 Å². The molecule has 2 saturated carbocycles. The standard InChI is InChI=1S/C26H31N3/c1-17-6-9-23-20(13-17)22-16-29(3)24-5-4-11-26(24,25(22)27-23)14-21(18-7-8-18)19-10-12-28(2)15-19/h6,9-10,12-15,18,24,27H,4-5,7-8,11,16H2,1-3H3/b21-14+. The van der Waals surface area contributed by atoms with Crippen LogP contribution in [0.25, 0.3) is 16.5 Å². The zero-order valence-electron chi connectivity index (χ0n) is 17.8. The van der Waals surface area contributed by atoms with E-state index in [9.17, 15) is 0 Å². The van der Waals surface area contributed by atoms with Crippen molar-refractivity contribution in [3.05, 3.63) is 65.1 Å². The van der Waals surface area contributed by atoms with Gasteiger partial charge in [0.15, 0.2) is 0 Å². The number of fused-ring (bicyclic) bond motifs is 5. The molecule has 1 aromatic carbocycles. The average molecular weight is 386 g/mol. The number of aromatic nitrogens is 2. The number of nitrogens with one attached hydrogen (secondary N) is 1. The lowest BCUT2D eigenvalue weighted by Crippen LogP contribution is -2.48. The summed E-state index contributed by atoms with van der Waals surface area (Å²) in [5.41, 5.74) is 8.83. The zero-order valence-corrected chi connectivity index (χ0v) is 17.8. The topological polar surface area (TPSA) is 24.0 Å². The number of hydrogen-bond donors (Lipinski definition) is 1. The quantitative estimate of drug-likeness (QED) is 0.628. The first-order valence-corrected chi connectivity index (χ1v) is 11.2. The molecule has 0 amide bonds. The molecule has 150 valence electrons. The Morgan fingerprint density at radius 2 is 2.03 bits per heavy atom. The molecule has 0 saturated heterocycles. The third-order valence-corrected chi connectivity index (χ3v) is 7.72. The molecule has 3 nitrogen and oxygen atoms in total. The lowest BCUT2D eigenvalue weighted by molar-refractivity contribution is 0.166. The van der Waals surface area contributed by atoms with Crippen LogP contribution in [0.5, 0.6) is 0 Å². The van der Waals surface area contributed by atoms with E-state index in [1.807, 2.05) is 0 Å². The van der Waals surface area contributed by atoms with Crippen LogP contribution in [-0.4, -0.2) is 27.5 Å². The molecular weight excluding hydrogens is 354 g/mol. The van der Waals surface area contributed by atoms with Gasteiger partial charge in [0.1, 0.15) is 0 Å². The van der Waals surface area contributed by atoms with E-state index in [2.05, 4.69) is 78.2 Å². The summed E-state index contributed by atoms with van der Waals surface area (Å²) in [6, 6.07) is 9.81. The first-order valence-electron chi connectivity index (χ1n) is 11.2. The molecule has 3 aliphatic rings. The number of aryl methyl sites for hydroxylation is 2. The van der Waals surface area contributed by atoms with E-state index in [0.717, 1.165) is 12.5 Å². The molecule has 0 spiro atoms. The zero-order chi connectivity index (χ0) is 19.8. The fourth-order valence-electron chi connectivity index (χ4n) is 6.22. The molecular formula is C26H31N3. The van der Waals surface area contributed by atoms with Crippen molar-refractivity contribution in [2.45, 2.75) is 57.0 Å². The summed E-state index contributed by atoms with van der Waals surface area (Å²) in [5.74, 6) is 0.746. The average Bonchev–Trinajstić information content (AvgIpc) is 3.12. The Kier molecular flexibility index (Phi) is 3.71. The number of hydrogen-bond acceptors (Lipinski definition) is 1. The normalized spacial score (nSPS) is 27.4. The van der Waals surface area contributed by atoms with E-state index in [4.69, 9.17) is 0 Å². The summed E-state index contributed by atoms with van der Waals surface area (Å²) in [6.07, 6.45) is 13.8. The molecule has 2 aliphatic carbocycles. The number of H-pyrrole nitrogens is 1. The summed E-state index contributed by atoms with van der Waals surface area (Å²) in [4.78, 5) is 6.56. The molecule has 1 aliphatic heterocycles. The van der Waals surface area contributed by atoms with Crippen molar-refractivity contribution in [2.24, 2.45) is 13.0 Å². The van der Waals surface area contributed by atoms with Crippen LogP contribution in [0.3, 0.4) is 0 Å². The van der Waals surface area contributed by atoms with Gasteiger partial charge in [-0.25, -0.2) is 0 Å². The molecule has 2 unspecified atom stereocenters. The number of allylic oxidation sites excluding steroid dienone is 1. The third-order valence-electron chi connectivity index (χ3n) is 7.72. The van der Waals surface area contributed by atoms with Crippen molar-refractivity contribution in [3.8, 4) is 0 Å². The van der Waals surface area contributed by atoms with Gasteiger partial charge in [0.25, 0.3) is 0 Å². The van der Waals surface area contributed by atoms with E-state index in [0.29, 0.717) is 6.04 Å². The Balaban J connectivity index is 1.59. The molecule has 1 N–H and O–H groups in total. The van der Waals surface area contributed by atoms with Gasteiger partial charge in [0, 0.05) is 54.0 Å². The van der Waals surface area contributed by atoms with Crippen LogP contribution in [0.4, 0.5) is 0 Å². The maximum Gasteiger partial charge on any atom is 0.0459 e. The van der Waals surface area contributed by atoms with Crippen LogP contribution < -0.4 is 0 Å². The van der Waals surface area contributed by atoms with Gasteiger partial charge in [-0.2, -0.15) is 0 Å². The summed E-state index contributed by atoms with van der Waals surface area (Å²) in [7, 11) is 4.48. The highest BCUT2D eigenvalue weighted by molar-refractivity contribution is 5.87. The smallest absolute Gasteiger partial charge is 0.0459 e. The summed E-state index contributed by atoms with van der Waals surface area (Å²) in [6.45, 7) is 3.27. The third kappa shape index (κ3) is 2.60. The van der Waals surface area contributed by atoms with Crippen LogP contribution >= 0.6 is 0 Å². The maximum atomic E-state index is 3.92. The van der Waals surface area contributed by atoms with Gasteiger partial charge < -0.3 is 9.55 Å². The van der Waals surface area contributed by atoms with Crippen molar-refractivity contribution in [1.82, 2.24) is 14.5 Å². The monoisotopic (exact) mass is 385 g/mol. The van der Waals surface area contributed by atoms with Crippen molar-refractivity contribution >= 4 is 16.5 Å². The van der Waals surface area contributed by atoms with Gasteiger partial charge in [-0.05, 0) is 80.5 Å². The maximum absolute atomic E-state index is 3.92. The molecule has 3 heteroatoms. The van der Waals surface area contributed by atoms with Gasteiger partial charge in [0.2, 0.25) is 0 Å². The van der Waals surface area contributed by atoms with Gasteiger partial charge in [-0.3, -0.25) is 4.90 Å². The molecule has 2 aromatic heterocycles. The van der Waals surface area contributed by atoms with E-state index < -0.39 is 0 Å². The number of likely N-dealkylation sites (N-methyl/N-ethyl adjacent to an activating group) is 1. The van der Waals surface area contributed by atoms with E-state index in [-0.39, 0.29) is 5.41 Å². The van der Waals surface area contributed by atoms with Crippen molar-refractivity contribution in [2.75, 3.05) is 7.05 Å². The molecule has 2 atom stereocenters. The van der Waals surface area contributed by atoms with E-state index in [1.54, 1.807) is 5.57 Å². The Hall–Kier alpha value is -2.26. The Labute approximate surface area is 173 Å². The number of rotatable bonds is 3. The highest BCUT2D eigenvalue weighted by atomic mass is 15.2. The van der Waals surface area contributed by atoms with E-state index in [1.165, 1.54) is 65.4 Å². The van der Waals surface area contributed by atoms with Crippen molar-refractivity contribution in [3.63, 3.8) is 0 Å². The molecule has 3 heterocycles. The minimum atomic E-state index is 0.114. The molecule has 0 bridgehead atoms. The van der Waals surface area contributed by atoms with Crippen LogP contribution in [-0.2, 0) is 19.0 Å². The van der Waals surface area contributed by atoms with Gasteiger partial charge >= 0.3 is 0 Å². The number of benzene rings is 1. The minimum absolute atomic E-state index is 0.114. The highest BCUT2D eigenvalue weighted by Crippen LogP contribution is 2.53. The molecule has 0 radical (unpaired) electrons. The van der Waals surface area contributed by atoms with Crippen LogP contribution in [0, 0.1) is 12.8 Å². The predicted octanol–water partition coefficient (Wildman–Crippen LogP) is 5.54. The van der Waals surface area contributed by atoms with Crippen molar-refractivity contribution in [1.29, 1.82) is 0 Å². The lowest BCUT2D eigenvalue weighted by atomic mass is 9.72. The fraction of sp³-hybridized carbons (Fsp3) is 0.462. The van der Waals surface area contributed by atoms with Gasteiger partial charge in [-0.1, -0.05) is 24.1 Å². The molecule has 29 heavy (non-hydrogen) atoms. The second-order valence-corrected chi connectivity index (χ2v) is 9.83. The molecule has 2 fully saturated rings. The van der Waals surface area contributed by atoms with Crippen LogP contribution in [0.1, 0.15) is 54.5 Å². The lowest BCUT2D eigenvalue weighted by Gasteiger charge is -2.44. The Bertz CT molecular complexity index is 1130. The Morgan fingerprint density at radius 3 is 2.79 bits per heavy atom. The first kappa shape index (κ1) is 17.6. The van der Waals surface area contributed by atoms with Gasteiger partial charge in [-0.15, -0.1) is 0 Å². The summed E-state index contributed by atoms with van der Waals surface area (Å²) < 4.78 is 2.19. The summed E-state index contributed by atoms with van der Waals surface area (Å²) in [5, 5.41) is 1.43. The fourth-order valence-corrected chi connectivity index (χ4v) is 6.22. The predicted molar refractivity (Wildman–Crippen MR) is 120 cm³/mol. The molecule has 6 rings (SSSR count). The SMILES string of the molecule is Cc1ccc2[nH]c3c(c2c1)CN(C)C1CCCC31/C=C(/c1ccn(C)c1)C1CC1. The van der Waals surface area contributed by atoms with E-state index >= 15 is 0 Å². The minimum Gasteiger partial charge on any atom is -0.357 e. The Morgan fingerprint density at radius 1 is 1.17 bits per heavy atom. The summed E-state index contributed by atoms with van der Waals surface area (Å²) >= 11 is 0.